The molecule has 1 unspecified atom stereocenters. The number of rotatable bonds is 1. The molecule has 2 heterocycles. The van der Waals surface area contributed by atoms with Crippen molar-refractivity contribution in [3.05, 3.63) is 23.3 Å². The van der Waals surface area contributed by atoms with Gasteiger partial charge >= 0.3 is 5.97 Å². The summed E-state index contributed by atoms with van der Waals surface area (Å²) in [5.74, 6) is -1.34. The number of carbonyl (C=O) groups excluding carboxylic acids is 1. The van der Waals surface area contributed by atoms with Gasteiger partial charge in [-0.1, -0.05) is 6.58 Å². The van der Waals surface area contributed by atoms with Crippen LogP contribution in [0.5, 0.6) is 0 Å². The summed E-state index contributed by atoms with van der Waals surface area (Å²) in [6.45, 7) is 3.54. The zero-order valence-corrected chi connectivity index (χ0v) is 6.80. The average molecular weight is 183 g/mol. The Morgan fingerprint density at radius 2 is 2.42 bits per heavy atom. The van der Waals surface area contributed by atoms with E-state index in [0.717, 1.165) is 0 Å². The van der Waals surface area contributed by atoms with E-state index in [-0.39, 0.29) is 17.0 Å². The summed E-state index contributed by atoms with van der Waals surface area (Å²) in [6, 6.07) is 0. The Kier molecular flexibility index (Phi) is 1.32. The van der Waals surface area contributed by atoms with Gasteiger partial charge in [-0.25, -0.2) is 4.79 Å². The molecular weight excluding hydrogens is 178 g/mol. The predicted octanol–water partition coefficient (Wildman–Crippen LogP) is 0.384. The number of carbonyl (C=O) groups is 2. The smallest absolute Gasteiger partial charge is 0.353 e. The maximum Gasteiger partial charge on any atom is 0.353 e. The van der Waals surface area contributed by atoms with Crippen LogP contribution in [0.2, 0.25) is 0 Å². The second kappa shape index (κ2) is 2.13. The normalized spacial score (nSPS) is 26.5. The maximum absolute atomic E-state index is 11.1. The Balaban J connectivity index is 2.29. The number of fused-ring (bicyclic) bond motifs is 1. The molecular formula is C7H5NO3S. The minimum absolute atomic E-state index is 0.0578. The van der Waals surface area contributed by atoms with Gasteiger partial charge in [-0.15, -0.1) is 11.8 Å². The third-order valence-electron chi connectivity index (χ3n) is 1.81. The fourth-order valence-electron chi connectivity index (χ4n) is 1.17. The van der Waals surface area contributed by atoms with E-state index in [1.807, 2.05) is 0 Å². The molecule has 1 atom stereocenters. The first-order chi connectivity index (χ1) is 5.63. The first-order valence-corrected chi connectivity index (χ1v) is 4.18. The van der Waals surface area contributed by atoms with Gasteiger partial charge in [-0.05, 0) is 0 Å². The van der Waals surface area contributed by atoms with Crippen LogP contribution in [0.15, 0.2) is 23.3 Å². The van der Waals surface area contributed by atoms with Crippen molar-refractivity contribution in [1.82, 2.24) is 4.90 Å². The Hall–Kier alpha value is -1.23. The lowest BCUT2D eigenvalue weighted by atomic mass is 10.1. The van der Waals surface area contributed by atoms with Crippen LogP contribution in [0.25, 0.3) is 0 Å². The quantitative estimate of drug-likeness (QED) is 0.471. The molecule has 4 nitrogen and oxygen atoms in total. The molecule has 2 aliphatic heterocycles. The standard InChI is InChI=1S/C7H5NO3S/c1-3-5(9)8-4(7(10)11)2-12-6(3)8/h2,6H,1H2,(H,10,11). The van der Waals surface area contributed by atoms with E-state index in [1.54, 1.807) is 0 Å². The van der Waals surface area contributed by atoms with Crippen LogP contribution in [0.3, 0.4) is 0 Å². The first kappa shape index (κ1) is 7.42. The summed E-state index contributed by atoms with van der Waals surface area (Å²) in [5, 5.41) is 9.95. The molecule has 2 rings (SSSR count). The van der Waals surface area contributed by atoms with Gasteiger partial charge in [0.05, 0.1) is 0 Å². The Morgan fingerprint density at radius 3 is 3.00 bits per heavy atom. The summed E-state index contributed by atoms with van der Waals surface area (Å²) in [6.07, 6.45) is 0. The summed E-state index contributed by atoms with van der Waals surface area (Å²) >= 11 is 1.30. The molecule has 2 aliphatic rings. The molecule has 0 aromatic rings. The Labute approximate surface area is 72.5 Å². The SMILES string of the molecule is C=C1C(=O)N2C(C(=O)O)=CSC12. The number of hydrogen-bond acceptors (Lipinski definition) is 3. The number of carboxylic acids is 1. The molecule has 0 saturated carbocycles. The summed E-state index contributed by atoms with van der Waals surface area (Å²) < 4.78 is 0. The number of nitrogens with zero attached hydrogens (tertiary/aromatic N) is 1. The molecule has 0 spiro atoms. The minimum atomic E-state index is -1.06. The van der Waals surface area contributed by atoms with E-state index in [9.17, 15) is 9.59 Å². The van der Waals surface area contributed by atoms with Crippen molar-refractivity contribution in [2.24, 2.45) is 0 Å². The van der Waals surface area contributed by atoms with E-state index in [0.29, 0.717) is 5.57 Å². The molecule has 5 heteroatoms. The molecule has 1 fully saturated rings. The fourth-order valence-corrected chi connectivity index (χ4v) is 2.24. The lowest BCUT2D eigenvalue weighted by molar-refractivity contribution is -0.141. The van der Waals surface area contributed by atoms with Crippen LogP contribution in [0.4, 0.5) is 0 Å². The van der Waals surface area contributed by atoms with Crippen molar-refractivity contribution in [3.8, 4) is 0 Å². The molecule has 0 aromatic heterocycles. The number of carboxylic acid groups (broad SMARTS) is 1. The molecule has 0 aromatic carbocycles. The van der Waals surface area contributed by atoms with Gasteiger partial charge in [0.15, 0.2) is 0 Å². The third-order valence-corrected chi connectivity index (χ3v) is 2.93. The summed E-state index contributed by atoms with van der Waals surface area (Å²) in [7, 11) is 0. The first-order valence-electron chi connectivity index (χ1n) is 3.24. The predicted molar refractivity (Wildman–Crippen MR) is 43.1 cm³/mol. The van der Waals surface area contributed by atoms with Crippen LogP contribution < -0.4 is 0 Å². The van der Waals surface area contributed by atoms with Gasteiger partial charge in [-0.3, -0.25) is 9.69 Å². The highest BCUT2D eigenvalue weighted by atomic mass is 32.2. The maximum atomic E-state index is 11.1. The van der Waals surface area contributed by atoms with E-state index in [2.05, 4.69) is 6.58 Å². The van der Waals surface area contributed by atoms with Crippen molar-refractivity contribution in [2.75, 3.05) is 0 Å². The van der Waals surface area contributed by atoms with E-state index >= 15 is 0 Å². The average Bonchev–Trinajstić information content (AvgIpc) is 2.43. The summed E-state index contributed by atoms with van der Waals surface area (Å²) in [5.41, 5.74) is 0.537. The summed E-state index contributed by atoms with van der Waals surface area (Å²) in [4.78, 5) is 22.9. The molecule has 1 saturated heterocycles. The zero-order valence-electron chi connectivity index (χ0n) is 5.98. The third kappa shape index (κ3) is 0.687. The van der Waals surface area contributed by atoms with Crippen molar-refractivity contribution in [1.29, 1.82) is 0 Å². The van der Waals surface area contributed by atoms with E-state index < -0.39 is 5.97 Å². The molecule has 1 amide bonds. The van der Waals surface area contributed by atoms with Crippen molar-refractivity contribution >= 4 is 23.6 Å². The number of β-lactam (4-membered cyclic amide) rings is 1. The van der Waals surface area contributed by atoms with E-state index in [4.69, 9.17) is 5.11 Å². The molecule has 62 valence electrons. The van der Waals surface area contributed by atoms with Crippen LogP contribution in [-0.4, -0.2) is 27.3 Å². The highest BCUT2D eigenvalue weighted by molar-refractivity contribution is 8.03. The van der Waals surface area contributed by atoms with Gasteiger partial charge in [0.1, 0.15) is 11.1 Å². The van der Waals surface area contributed by atoms with Gasteiger partial charge < -0.3 is 5.11 Å². The highest BCUT2D eigenvalue weighted by Gasteiger charge is 2.48. The second-order valence-electron chi connectivity index (χ2n) is 2.50. The molecule has 0 radical (unpaired) electrons. The lowest BCUT2D eigenvalue weighted by Crippen LogP contribution is -2.50. The topological polar surface area (TPSA) is 57.6 Å². The molecule has 0 bridgehead atoms. The zero-order chi connectivity index (χ0) is 8.88. The number of amides is 1. The van der Waals surface area contributed by atoms with Crippen LogP contribution in [0, 0.1) is 0 Å². The van der Waals surface area contributed by atoms with Crippen molar-refractivity contribution in [2.45, 2.75) is 5.37 Å². The molecule has 1 N–H and O–H groups in total. The van der Waals surface area contributed by atoms with Crippen LogP contribution in [0.1, 0.15) is 0 Å². The second-order valence-corrected chi connectivity index (χ2v) is 3.45. The Morgan fingerprint density at radius 1 is 1.75 bits per heavy atom. The van der Waals surface area contributed by atoms with Crippen molar-refractivity contribution < 1.29 is 14.7 Å². The minimum Gasteiger partial charge on any atom is -0.477 e. The van der Waals surface area contributed by atoms with E-state index in [1.165, 1.54) is 22.1 Å². The number of aliphatic carboxylic acids is 1. The van der Waals surface area contributed by atoms with Gasteiger partial charge in [-0.2, -0.15) is 0 Å². The molecule has 12 heavy (non-hydrogen) atoms. The van der Waals surface area contributed by atoms with Gasteiger partial charge in [0, 0.05) is 11.0 Å². The number of hydrogen-bond donors (Lipinski definition) is 1. The van der Waals surface area contributed by atoms with Crippen molar-refractivity contribution in [3.63, 3.8) is 0 Å². The van der Waals surface area contributed by atoms with Gasteiger partial charge in [0.2, 0.25) is 0 Å². The lowest BCUT2D eigenvalue weighted by Gasteiger charge is -2.36. The Bertz CT molecular complexity index is 334. The molecule has 0 aliphatic carbocycles. The van der Waals surface area contributed by atoms with Gasteiger partial charge in [0.25, 0.3) is 5.91 Å². The van der Waals surface area contributed by atoms with Crippen LogP contribution >= 0.6 is 11.8 Å². The monoisotopic (exact) mass is 183 g/mol. The largest absolute Gasteiger partial charge is 0.477 e. The van der Waals surface area contributed by atoms with Crippen LogP contribution in [-0.2, 0) is 9.59 Å². The fraction of sp³-hybridized carbons (Fsp3) is 0.143. The highest BCUT2D eigenvalue weighted by Crippen LogP contribution is 2.43. The number of thioether (sulfide) groups is 1.